The van der Waals surface area contributed by atoms with Crippen molar-refractivity contribution in [2.75, 3.05) is 13.2 Å². The number of aromatic nitrogens is 3. The second-order valence-electron chi connectivity index (χ2n) is 6.98. The lowest BCUT2D eigenvalue weighted by molar-refractivity contribution is -0.0752. The second-order valence-corrected chi connectivity index (χ2v) is 6.98. The fraction of sp³-hybridized carbons (Fsp3) is 0.611. The van der Waals surface area contributed by atoms with Crippen LogP contribution in [0.1, 0.15) is 47.4 Å². The van der Waals surface area contributed by atoms with E-state index in [2.05, 4.69) is 10.1 Å². The van der Waals surface area contributed by atoms with Crippen LogP contribution >= 0.6 is 0 Å². The molecule has 6 heteroatoms. The predicted molar refractivity (Wildman–Crippen MR) is 91.0 cm³/mol. The summed E-state index contributed by atoms with van der Waals surface area (Å²) in [5.41, 5.74) is 3.22. The van der Waals surface area contributed by atoms with Gasteiger partial charge in [-0.15, -0.1) is 0 Å². The average Bonchev–Trinajstić information content (AvgIpc) is 2.87. The molecule has 2 fully saturated rings. The first-order chi connectivity index (χ1) is 11.6. The van der Waals surface area contributed by atoms with E-state index in [1.165, 1.54) is 12.8 Å². The molecular weight excluding hydrogens is 304 g/mol. The molecule has 1 aliphatic carbocycles. The van der Waals surface area contributed by atoms with Crippen LogP contribution < -0.4 is 0 Å². The number of hydrogen-bond acceptors (Lipinski definition) is 4. The van der Waals surface area contributed by atoms with E-state index in [4.69, 9.17) is 4.74 Å². The van der Waals surface area contributed by atoms with Crippen LogP contribution in [0.25, 0.3) is 11.0 Å². The molecule has 3 heterocycles. The molecule has 1 aliphatic heterocycles. The van der Waals surface area contributed by atoms with Crippen molar-refractivity contribution in [3.63, 3.8) is 0 Å². The van der Waals surface area contributed by atoms with Crippen LogP contribution in [0, 0.1) is 13.8 Å². The first-order valence-corrected chi connectivity index (χ1v) is 8.80. The number of pyridine rings is 1. The molecule has 0 bridgehead atoms. The molecule has 1 saturated heterocycles. The van der Waals surface area contributed by atoms with Crippen LogP contribution in [0.2, 0.25) is 0 Å². The molecule has 0 radical (unpaired) electrons. The Hall–Kier alpha value is -1.95. The zero-order valence-corrected chi connectivity index (χ0v) is 14.6. The number of nitrogens with zero attached hydrogens (tertiary/aromatic N) is 4. The van der Waals surface area contributed by atoms with Gasteiger partial charge in [-0.1, -0.05) is 12.8 Å². The molecule has 2 aromatic rings. The fourth-order valence-corrected chi connectivity index (χ4v) is 4.24. The van der Waals surface area contributed by atoms with Gasteiger partial charge in [0.05, 0.1) is 35.4 Å². The lowest BCUT2D eigenvalue weighted by atomic mass is 9.89. The first kappa shape index (κ1) is 15.6. The third kappa shape index (κ3) is 2.40. The molecule has 1 saturated carbocycles. The van der Waals surface area contributed by atoms with E-state index in [9.17, 15) is 4.79 Å². The van der Waals surface area contributed by atoms with Crippen molar-refractivity contribution < 1.29 is 9.53 Å². The van der Waals surface area contributed by atoms with Crippen molar-refractivity contribution in [2.45, 2.75) is 51.7 Å². The number of aryl methyl sites for hydroxylation is 3. The van der Waals surface area contributed by atoms with Gasteiger partial charge in [-0.25, -0.2) is 4.98 Å². The summed E-state index contributed by atoms with van der Waals surface area (Å²) in [6.07, 6.45) is 4.67. The highest BCUT2D eigenvalue weighted by atomic mass is 16.5. The second kappa shape index (κ2) is 5.84. The molecule has 0 N–H and O–H groups in total. The van der Waals surface area contributed by atoms with Gasteiger partial charge in [0.2, 0.25) is 0 Å². The summed E-state index contributed by atoms with van der Waals surface area (Å²) in [6, 6.07) is 2.12. The van der Waals surface area contributed by atoms with Gasteiger partial charge < -0.3 is 9.64 Å². The quantitative estimate of drug-likeness (QED) is 0.806. The topological polar surface area (TPSA) is 60.3 Å². The minimum Gasteiger partial charge on any atom is -0.374 e. The molecule has 4 rings (SSSR count). The maximum absolute atomic E-state index is 13.4. The normalized spacial score (nSPS) is 24.2. The van der Waals surface area contributed by atoms with Gasteiger partial charge in [0, 0.05) is 19.3 Å². The molecule has 2 atom stereocenters. The van der Waals surface area contributed by atoms with Gasteiger partial charge in [0.25, 0.3) is 5.91 Å². The van der Waals surface area contributed by atoms with Crippen LogP contribution in [0.3, 0.4) is 0 Å². The van der Waals surface area contributed by atoms with Crippen LogP contribution in [-0.4, -0.2) is 50.9 Å². The van der Waals surface area contributed by atoms with Crippen LogP contribution in [0.4, 0.5) is 0 Å². The number of ether oxygens (including phenoxy) is 1. The monoisotopic (exact) mass is 328 g/mol. The van der Waals surface area contributed by atoms with Crippen molar-refractivity contribution >= 4 is 16.9 Å². The zero-order valence-electron chi connectivity index (χ0n) is 14.6. The van der Waals surface area contributed by atoms with E-state index in [0.717, 1.165) is 40.8 Å². The summed E-state index contributed by atoms with van der Waals surface area (Å²) in [5, 5.41) is 5.34. The molecule has 1 amide bonds. The van der Waals surface area contributed by atoms with E-state index >= 15 is 0 Å². The van der Waals surface area contributed by atoms with E-state index in [1.807, 2.05) is 31.9 Å². The average molecular weight is 328 g/mol. The molecule has 0 unspecified atom stereocenters. The van der Waals surface area contributed by atoms with Gasteiger partial charge >= 0.3 is 0 Å². The number of rotatable bonds is 1. The number of fused-ring (bicyclic) bond motifs is 2. The minimum absolute atomic E-state index is 0.0989. The highest BCUT2D eigenvalue weighted by Gasteiger charge is 2.37. The molecular formula is C18H24N4O2. The van der Waals surface area contributed by atoms with Crippen molar-refractivity contribution in [3.05, 3.63) is 23.0 Å². The predicted octanol–water partition coefficient (Wildman–Crippen LogP) is 2.37. The number of morpholine rings is 1. The molecule has 0 spiro atoms. The Balaban J connectivity index is 1.78. The van der Waals surface area contributed by atoms with Crippen LogP contribution in [-0.2, 0) is 11.8 Å². The Labute approximate surface area is 141 Å². The standard InChI is InChI=1S/C18H24N4O2/c1-11-10-13(16-12(2)20-21(3)17(16)19-11)18(23)22-8-9-24-15-7-5-4-6-14(15)22/h10,14-15H,4-9H2,1-3H3/t14-,15+/m1/s1. The molecule has 24 heavy (non-hydrogen) atoms. The molecule has 2 aromatic heterocycles. The van der Waals surface area contributed by atoms with E-state index in [0.29, 0.717) is 13.2 Å². The number of hydrogen-bond donors (Lipinski definition) is 0. The molecule has 6 nitrogen and oxygen atoms in total. The number of carbonyl (C=O) groups is 1. The Morgan fingerprint density at radius 1 is 1.29 bits per heavy atom. The van der Waals surface area contributed by atoms with Gasteiger partial charge in [0.1, 0.15) is 0 Å². The van der Waals surface area contributed by atoms with Crippen molar-refractivity contribution in [2.24, 2.45) is 7.05 Å². The Morgan fingerprint density at radius 2 is 2.08 bits per heavy atom. The minimum atomic E-state index is 0.0989. The molecule has 2 aliphatic rings. The Bertz CT molecular complexity index is 796. The number of amides is 1. The van der Waals surface area contributed by atoms with Crippen molar-refractivity contribution in [1.82, 2.24) is 19.7 Å². The summed E-state index contributed by atoms with van der Waals surface area (Å²) in [5.74, 6) is 0.0989. The van der Waals surface area contributed by atoms with Crippen LogP contribution in [0.5, 0.6) is 0 Å². The zero-order chi connectivity index (χ0) is 16.8. The lowest BCUT2D eigenvalue weighted by Crippen LogP contribution is -2.54. The fourth-order valence-electron chi connectivity index (χ4n) is 4.24. The maximum atomic E-state index is 13.4. The first-order valence-electron chi connectivity index (χ1n) is 8.80. The SMILES string of the molecule is Cc1cc(C(=O)N2CCO[C@H]3CCCC[C@H]32)c2c(C)nn(C)c2n1. The highest BCUT2D eigenvalue weighted by molar-refractivity contribution is 6.06. The summed E-state index contributed by atoms with van der Waals surface area (Å²) >= 11 is 0. The van der Waals surface area contributed by atoms with Gasteiger partial charge in [0.15, 0.2) is 5.65 Å². The third-order valence-electron chi connectivity index (χ3n) is 5.32. The number of carbonyl (C=O) groups excluding carboxylic acids is 1. The van der Waals surface area contributed by atoms with Gasteiger partial charge in [-0.05, 0) is 32.8 Å². The largest absolute Gasteiger partial charge is 0.374 e. The van der Waals surface area contributed by atoms with E-state index < -0.39 is 0 Å². The lowest BCUT2D eigenvalue weighted by Gasteiger charge is -2.43. The molecule has 128 valence electrons. The van der Waals surface area contributed by atoms with Crippen molar-refractivity contribution in [3.8, 4) is 0 Å². The van der Waals surface area contributed by atoms with Gasteiger partial charge in [-0.2, -0.15) is 5.10 Å². The highest BCUT2D eigenvalue weighted by Crippen LogP contribution is 2.31. The Kier molecular flexibility index (Phi) is 3.79. The Morgan fingerprint density at radius 3 is 2.92 bits per heavy atom. The summed E-state index contributed by atoms with van der Waals surface area (Å²) in [6.45, 7) is 5.18. The summed E-state index contributed by atoms with van der Waals surface area (Å²) < 4.78 is 7.68. The summed E-state index contributed by atoms with van der Waals surface area (Å²) in [7, 11) is 1.88. The van der Waals surface area contributed by atoms with Gasteiger partial charge in [-0.3, -0.25) is 9.48 Å². The third-order valence-corrected chi connectivity index (χ3v) is 5.32. The van der Waals surface area contributed by atoms with Crippen molar-refractivity contribution in [1.29, 1.82) is 0 Å². The van der Waals surface area contributed by atoms with E-state index in [-0.39, 0.29) is 18.1 Å². The maximum Gasteiger partial charge on any atom is 0.255 e. The smallest absolute Gasteiger partial charge is 0.255 e. The molecule has 0 aromatic carbocycles. The van der Waals surface area contributed by atoms with Crippen LogP contribution in [0.15, 0.2) is 6.07 Å². The summed E-state index contributed by atoms with van der Waals surface area (Å²) in [4.78, 5) is 20.0. The van der Waals surface area contributed by atoms with E-state index in [1.54, 1.807) is 4.68 Å².